The molecule has 330 valence electrons. The highest BCUT2D eigenvalue weighted by molar-refractivity contribution is 5.69. The molecule has 7 nitrogen and oxygen atoms in total. The molecule has 0 aromatic rings. The van der Waals surface area contributed by atoms with Gasteiger partial charge in [-0.25, -0.2) is 0 Å². The highest BCUT2D eigenvalue weighted by Crippen LogP contribution is 2.24. The fourth-order valence-corrected chi connectivity index (χ4v) is 7.87. The summed E-state index contributed by atoms with van der Waals surface area (Å²) in [4.78, 5) is 30.4. The van der Waals surface area contributed by atoms with E-state index in [0.717, 1.165) is 142 Å². The Morgan fingerprint density at radius 1 is 0.544 bits per heavy atom. The number of nitrogens with zero attached hydrogens (tertiary/aromatic N) is 2. The van der Waals surface area contributed by atoms with Gasteiger partial charge < -0.3 is 14.6 Å². The number of ether oxygens (including phenoxy) is 2. The van der Waals surface area contributed by atoms with Crippen LogP contribution in [0.25, 0.3) is 0 Å². The minimum Gasteiger partial charge on any atom is -0.465 e. The van der Waals surface area contributed by atoms with Gasteiger partial charge in [-0.15, -0.1) is 0 Å². The van der Waals surface area contributed by atoms with Crippen LogP contribution in [0.3, 0.4) is 0 Å². The summed E-state index contributed by atoms with van der Waals surface area (Å²) in [7, 11) is 0. The number of esters is 2. The van der Waals surface area contributed by atoms with Gasteiger partial charge >= 0.3 is 11.9 Å². The van der Waals surface area contributed by atoms with Gasteiger partial charge in [-0.05, 0) is 141 Å². The van der Waals surface area contributed by atoms with E-state index in [1.165, 1.54) is 32.1 Å². The first-order valence-electron chi connectivity index (χ1n) is 24.0. The third-order valence-electron chi connectivity index (χ3n) is 11.4. The van der Waals surface area contributed by atoms with Gasteiger partial charge in [-0.3, -0.25) is 19.4 Å². The van der Waals surface area contributed by atoms with E-state index in [1.807, 2.05) is 0 Å². The largest absolute Gasteiger partial charge is 0.465 e. The van der Waals surface area contributed by atoms with Crippen molar-refractivity contribution in [3.63, 3.8) is 0 Å². The van der Waals surface area contributed by atoms with Crippen molar-refractivity contribution in [2.75, 3.05) is 52.5 Å². The molecule has 0 atom stereocenters. The van der Waals surface area contributed by atoms with Crippen molar-refractivity contribution in [1.82, 2.24) is 9.80 Å². The first-order valence-corrected chi connectivity index (χ1v) is 24.0. The molecule has 7 heteroatoms. The van der Waals surface area contributed by atoms with Crippen molar-refractivity contribution in [3.8, 4) is 0 Å². The summed E-state index contributed by atoms with van der Waals surface area (Å²) in [6.07, 6.45) is 44.1. The molecule has 0 radical (unpaired) electrons. The molecule has 0 saturated heterocycles. The number of aliphatic hydroxyl groups is 1. The number of rotatable bonds is 38. The van der Waals surface area contributed by atoms with Crippen LogP contribution in [-0.2, 0) is 19.1 Å². The van der Waals surface area contributed by atoms with Gasteiger partial charge in [-0.2, -0.15) is 0 Å². The number of carbonyl (C=O) groups excluding carboxylic acids is 2. The monoisotopic (exact) mass is 799 g/mol. The fourth-order valence-electron chi connectivity index (χ4n) is 7.87. The molecule has 1 aliphatic carbocycles. The Hall–Kier alpha value is -2.22. The fraction of sp³-hybridized carbons (Fsp3) is 0.800. The summed E-state index contributed by atoms with van der Waals surface area (Å²) in [6.45, 7) is 14.6. The van der Waals surface area contributed by atoms with Crippen LogP contribution in [0, 0.1) is 11.8 Å². The van der Waals surface area contributed by atoms with E-state index >= 15 is 0 Å². The zero-order valence-electron chi connectivity index (χ0n) is 37.7. The molecule has 1 rings (SSSR count). The Labute approximate surface area is 352 Å². The van der Waals surface area contributed by atoms with Gasteiger partial charge in [0.15, 0.2) is 0 Å². The second-order valence-corrected chi connectivity index (χ2v) is 16.4. The van der Waals surface area contributed by atoms with Crippen LogP contribution in [0.4, 0.5) is 0 Å². The van der Waals surface area contributed by atoms with Crippen LogP contribution in [0.2, 0.25) is 0 Å². The molecule has 1 aliphatic rings. The average Bonchev–Trinajstić information content (AvgIpc) is 3.22. The van der Waals surface area contributed by atoms with Crippen LogP contribution < -0.4 is 0 Å². The maximum atomic E-state index is 12.7. The molecule has 0 aromatic carbocycles. The predicted octanol–water partition coefficient (Wildman–Crippen LogP) is 12.3. The summed E-state index contributed by atoms with van der Waals surface area (Å²) in [5.74, 6) is 0.727. The van der Waals surface area contributed by atoms with Gasteiger partial charge in [-0.1, -0.05) is 108 Å². The predicted molar refractivity (Wildman–Crippen MR) is 242 cm³/mol. The van der Waals surface area contributed by atoms with E-state index in [0.29, 0.717) is 50.5 Å². The summed E-state index contributed by atoms with van der Waals surface area (Å²) >= 11 is 0. The molecule has 1 fully saturated rings. The summed E-state index contributed by atoms with van der Waals surface area (Å²) in [6, 6.07) is 0.641. The van der Waals surface area contributed by atoms with Gasteiger partial charge in [0.1, 0.15) is 0 Å². The van der Waals surface area contributed by atoms with Crippen LogP contribution in [0.5, 0.6) is 0 Å². The van der Waals surface area contributed by atoms with Crippen LogP contribution >= 0.6 is 0 Å². The molecule has 0 unspecified atom stereocenters. The normalized spacial score (nSPS) is 14.3. The highest BCUT2D eigenvalue weighted by Gasteiger charge is 2.22. The zero-order valence-corrected chi connectivity index (χ0v) is 37.7. The Kier molecular flexibility index (Phi) is 36.4. The zero-order chi connectivity index (χ0) is 41.4. The SMILES string of the molecule is CC/C=C\CCC(CC/C=C\CC)COC(=O)CCCCCN(CCO)CCN(CCCCCC(=O)OCC(CC/C=C\CC)CC/C=C\CC)C1CCCCC1. The van der Waals surface area contributed by atoms with Crippen molar-refractivity contribution < 1.29 is 24.2 Å². The average molecular weight is 799 g/mol. The maximum Gasteiger partial charge on any atom is 0.305 e. The van der Waals surface area contributed by atoms with Gasteiger partial charge in [0.05, 0.1) is 19.8 Å². The molecular weight excluding hydrogens is 709 g/mol. The van der Waals surface area contributed by atoms with E-state index in [-0.39, 0.29) is 18.5 Å². The molecule has 1 saturated carbocycles. The van der Waals surface area contributed by atoms with Crippen molar-refractivity contribution in [1.29, 1.82) is 0 Å². The Balaban J connectivity index is 2.45. The second kappa shape index (κ2) is 39.3. The third-order valence-corrected chi connectivity index (χ3v) is 11.4. The number of carbonyl (C=O) groups is 2. The lowest BCUT2D eigenvalue weighted by atomic mass is 9.94. The van der Waals surface area contributed by atoms with Crippen molar-refractivity contribution in [2.45, 2.75) is 194 Å². The molecule has 0 amide bonds. The molecular formula is C50H90N2O5. The lowest BCUT2D eigenvalue weighted by Gasteiger charge is -2.36. The van der Waals surface area contributed by atoms with Crippen LogP contribution in [-0.4, -0.2) is 85.4 Å². The van der Waals surface area contributed by atoms with E-state index in [1.54, 1.807) is 0 Å². The minimum absolute atomic E-state index is 0.0421. The molecule has 1 N–H and O–H groups in total. The van der Waals surface area contributed by atoms with Gasteiger partial charge in [0, 0.05) is 38.5 Å². The lowest BCUT2D eigenvalue weighted by molar-refractivity contribution is -0.146. The first kappa shape index (κ1) is 52.8. The van der Waals surface area contributed by atoms with Crippen molar-refractivity contribution >= 4 is 11.9 Å². The second-order valence-electron chi connectivity index (χ2n) is 16.4. The number of aliphatic hydroxyl groups excluding tert-OH is 1. The Morgan fingerprint density at radius 3 is 1.40 bits per heavy atom. The minimum atomic E-state index is -0.0638. The summed E-state index contributed by atoms with van der Waals surface area (Å²) < 4.78 is 11.6. The quantitative estimate of drug-likeness (QED) is 0.0378. The number of hydrogen-bond acceptors (Lipinski definition) is 7. The molecule has 0 heterocycles. The van der Waals surface area contributed by atoms with E-state index in [9.17, 15) is 14.7 Å². The first-order chi connectivity index (χ1) is 28.0. The van der Waals surface area contributed by atoms with Crippen LogP contribution in [0.15, 0.2) is 48.6 Å². The highest BCUT2D eigenvalue weighted by atomic mass is 16.5. The Bertz CT molecular complexity index is 1010. The molecule has 0 spiro atoms. The molecule has 0 aliphatic heterocycles. The standard InChI is InChI=1S/C50H90N2O5/c1-5-9-13-20-30-46(31-21-14-10-6-2)44-56-49(54)36-26-18-28-38-51(42-43-53)40-41-52(48-34-24-17-25-35-48)39-29-19-27-37-50(55)57-45-47(32-22-15-11-7-3)33-23-16-12-8-4/h9-16,46-48,53H,5-8,17-45H2,1-4H3/b13-9-,14-10-,15-11-,16-12-. The molecule has 0 bridgehead atoms. The van der Waals surface area contributed by atoms with Crippen molar-refractivity contribution in [3.05, 3.63) is 48.6 Å². The topological polar surface area (TPSA) is 79.3 Å². The lowest BCUT2D eigenvalue weighted by Crippen LogP contribution is -2.43. The third kappa shape index (κ3) is 31.4. The van der Waals surface area contributed by atoms with E-state index in [2.05, 4.69) is 86.1 Å². The van der Waals surface area contributed by atoms with Crippen molar-refractivity contribution in [2.24, 2.45) is 11.8 Å². The van der Waals surface area contributed by atoms with E-state index < -0.39 is 0 Å². The number of unbranched alkanes of at least 4 members (excludes halogenated alkanes) is 4. The number of hydrogen-bond donors (Lipinski definition) is 1. The number of allylic oxidation sites excluding steroid dienone is 8. The molecule has 0 aromatic heterocycles. The van der Waals surface area contributed by atoms with Gasteiger partial charge in [0.25, 0.3) is 0 Å². The maximum absolute atomic E-state index is 12.7. The van der Waals surface area contributed by atoms with E-state index in [4.69, 9.17) is 9.47 Å². The smallest absolute Gasteiger partial charge is 0.305 e. The summed E-state index contributed by atoms with van der Waals surface area (Å²) in [5.41, 5.74) is 0. The van der Waals surface area contributed by atoms with Crippen LogP contribution in [0.1, 0.15) is 188 Å². The summed E-state index contributed by atoms with van der Waals surface area (Å²) in [5, 5.41) is 9.85. The van der Waals surface area contributed by atoms with Gasteiger partial charge in [0.2, 0.25) is 0 Å². The Morgan fingerprint density at radius 2 is 0.982 bits per heavy atom. The molecule has 57 heavy (non-hydrogen) atoms.